The van der Waals surface area contributed by atoms with Gasteiger partial charge in [-0.15, -0.1) is 0 Å². The van der Waals surface area contributed by atoms with Crippen LogP contribution in [0.15, 0.2) is 46.9 Å². The fourth-order valence-electron chi connectivity index (χ4n) is 2.80. The highest BCUT2D eigenvalue weighted by Gasteiger charge is 2.22. The highest BCUT2D eigenvalue weighted by Crippen LogP contribution is 2.27. The van der Waals surface area contributed by atoms with Crippen molar-refractivity contribution in [1.82, 2.24) is 15.1 Å². The summed E-state index contributed by atoms with van der Waals surface area (Å²) in [5.74, 6) is 0.176. The van der Waals surface area contributed by atoms with Crippen LogP contribution in [0.25, 0.3) is 10.8 Å². The van der Waals surface area contributed by atoms with Crippen molar-refractivity contribution in [2.24, 2.45) is 0 Å². The van der Waals surface area contributed by atoms with E-state index >= 15 is 0 Å². The number of aromatic amines is 1. The maximum atomic E-state index is 12.8. The number of benzene rings is 2. The molecule has 1 aromatic heterocycles. The van der Waals surface area contributed by atoms with Crippen LogP contribution in [-0.2, 0) is 6.54 Å². The molecule has 0 aliphatic rings. The summed E-state index contributed by atoms with van der Waals surface area (Å²) >= 11 is 3.50. The number of fused-ring (bicyclic) bond motifs is 1. The molecule has 0 aliphatic heterocycles. The van der Waals surface area contributed by atoms with Gasteiger partial charge in [-0.25, -0.2) is 0 Å². The Bertz CT molecular complexity index is 880. The Kier molecular flexibility index (Phi) is 4.71. The molecule has 0 fully saturated rings. The van der Waals surface area contributed by atoms with Gasteiger partial charge in [-0.1, -0.05) is 56.3 Å². The molecular weight excluding hydrogens is 366 g/mol. The zero-order valence-corrected chi connectivity index (χ0v) is 15.6. The Morgan fingerprint density at radius 2 is 1.92 bits per heavy atom. The second-order valence-corrected chi connectivity index (χ2v) is 7.05. The summed E-state index contributed by atoms with van der Waals surface area (Å²) in [6, 6.07) is 14.4. The first kappa shape index (κ1) is 16.7. The highest BCUT2D eigenvalue weighted by atomic mass is 79.9. The molecule has 1 heterocycles. The van der Waals surface area contributed by atoms with Gasteiger partial charge < -0.3 is 4.90 Å². The van der Waals surface area contributed by atoms with Gasteiger partial charge in [0.2, 0.25) is 0 Å². The number of nitrogens with zero attached hydrogens (tertiary/aromatic N) is 2. The minimum atomic E-state index is -0.0991. The molecule has 0 radical (unpaired) electrons. The molecule has 1 N–H and O–H groups in total. The van der Waals surface area contributed by atoms with Gasteiger partial charge in [0, 0.05) is 13.6 Å². The van der Waals surface area contributed by atoms with E-state index in [9.17, 15) is 4.79 Å². The number of carbonyl (C=O) groups excluding carboxylic acids is 1. The molecule has 124 valence electrons. The molecule has 2 aromatic carbocycles. The quantitative estimate of drug-likeness (QED) is 0.705. The van der Waals surface area contributed by atoms with Gasteiger partial charge in [-0.05, 0) is 38.2 Å². The average Bonchev–Trinajstić information content (AvgIpc) is 2.96. The van der Waals surface area contributed by atoms with Crippen LogP contribution in [-0.4, -0.2) is 28.1 Å². The molecule has 3 rings (SSSR count). The fraction of sp³-hybridized carbons (Fsp3) is 0.263. The number of amides is 1. The summed E-state index contributed by atoms with van der Waals surface area (Å²) in [7, 11) is 1.81. The lowest BCUT2D eigenvalue weighted by atomic mass is 10.0. The minimum absolute atomic E-state index is 0.0991. The smallest absolute Gasteiger partial charge is 0.275 e. The van der Waals surface area contributed by atoms with Crippen molar-refractivity contribution in [3.05, 3.63) is 63.9 Å². The maximum absolute atomic E-state index is 12.8. The molecule has 0 spiro atoms. The second kappa shape index (κ2) is 6.77. The van der Waals surface area contributed by atoms with Gasteiger partial charge in [0.1, 0.15) is 0 Å². The van der Waals surface area contributed by atoms with E-state index in [0.717, 1.165) is 15.7 Å². The first-order valence-corrected chi connectivity index (χ1v) is 8.74. The SMILES string of the molecule is CC(C)c1[nH]nc(C(=O)N(C)Cc2cccc3ccccc23)c1Br. The van der Waals surface area contributed by atoms with Gasteiger partial charge in [0.25, 0.3) is 5.91 Å². The molecule has 5 heteroatoms. The van der Waals surface area contributed by atoms with E-state index in [-0.39, 0.29) is 11.8 Å². The number of carbonyl (C=O) groups is 1. The van der Waals surface area contributed by atoms with Crippen molar-refractivity contribution in [3.8, 4) is 0 Å². The summed E-state index contributed by atoms with van der Waals surface area (Å²) < 4.78 is 0.757. The number of hydrogen-bond acceptors (Lipinski definition) is 2. The third-order valence-electron chi connectivity index (χ3n) is 4.15. The van der Waals surface area contributed by atoms with Crippen LogP contribution in [0.2, 0.25) is 0 Å². The largest absolute Gasteiger partial charge is 0.336 e. The third kappa shape index (κ3) is 3.08. The Morgan fingerprint density at radius 3 is 2.62 bits per heavy atom. The summed E-state index contributed by atoms with van der Waals surface area (Å²) in [6.45, 7) is 4.66. The zero-order valence-electron chi connectivity index (χ0n) is 14.0. The Morgan fingerprint density at radius 1 is 1.21 bits per heavy atom. The lowest BCUT2D eigenvalue weighted by molar-refractivity contribution is 0.0779. The summed E-state index contributed by atoms with van der Waals surface area (Å²) in [4.78, 5) is 14.5. The molecule has 0 bridgehead atoms. The molecule has 1 amide bonds. The standard InChI is InChI=1S/C19H20BrN3O/c1-12(2)17-16(20)18(22-21-17)19(24)23(3)11-14-9-6-8-13-7-4-5-10-15(13)14/h4-10,12H,11H2,1-3H3,(H,21,22). The molecule has 0 saturated heterocycles. The van der Waals surface area contributed by atoms with E-state index in [1.54, 1.807) is 11.9 Å². The van der Waals surface area contributed by atoms with Crippen LogP contribution in [0.4, 0.5) is 0 Å². The summed E-state index contributed by atoms with van der Waals surface area (Å²) in [5.41, 5.74) is 2.50. The average molecular weight is 386 g/mol. The molecule has 0 unspecified atom stereocenters. The van der Waals surface area contributed by atoms with E-state index in [4.69, 9.17) is 0 Å². The monoisotopic (exact) mass is 385 g/mol. The fourth-order valence-corrected chi connectivity index (χ4v) is 3.61. The molecule has 4 nitrogen and oxygen atoms in total. The van der Waals surface area contributed by atoms with Crippen LogP contribution < -0.4 is 0 Å². The Balaban J connectivity index is 1.86. The van der Waals surface area contributed by atoms with E-state index < -0.39 is 0 Å². The van der Waals surface area contributed by atoms with E-state index in [1.807, 2.05) is 18.2 Å². The Hall–Kier alpha value is -2.14. The molecule has 0 atom stereocenters. The molecule has 3 aromatic rings. The first-order chi connectivity index (χ1) is 11.5. The summed E-state index contributed by atoms with van der Waals surface area (Å²) in [6.07, 6.45) is 0. The van der Waals surface area contributed by atoms with Gasteiger partial charge >= 0.3 is 0 Å². The van der Waals surface area contributed by atoms with Crippen LogP contribution in [0, 0.1) is 0 Å². The highest BCUT2D eigenvalue weighted by molar-refractivity contribution is 9.10. The second-order valence-electron chi connectivity index (χ2n) is 6.25. The molecule has 24 heavy (non-hydrogen) atoms. The normalized spacial score (nSPS) is 11.2. The van der Waals surface area contributed by atoms with Gasteiger partial charge in [0.05, 0.1) is 10.2 Å². The van der Waals surface area contributed by atoms with Crippen LogP contribution >= 0.6 is 15.9 Å². The predicted octanol–water partition coefficient (Wildman–Crippen LogP) is 4.72. The van der Waals surface area contributed by atoms with Gasteiger partial charge in [0.15, 0.2) is 5.69 Å². The number of nitrogens with one attached hydrogen (secondary N) is 1. The van der Waals surface area contributed by atoms with Crippen molar-refractivity contribution in [1.29, 1.82) is 0 Å². The zero-order chi connectivity index (χ0) is 17.3. The van der Waals surface area contributed by atoms with E-state index in [0.29, 0.717) is 12.2 Å². The van der Waals surface area contributed by atoms with Crippen molar-refractivity contribution >= 4 is 32.6 Å². The lowest BCUT2D eigenvalue weighted by Crippen LogP contribution is -2.27. The molecule has 0 saturated carbocycles. The number of halogens is 1. The van der Waals surface area contributed by atoms with Crippen LogP contribution in [0.1, 0.15) is 41.5 Å². The van der Waals surface area contributed by atoms with Crippen molar-refractivity contribution in [2.75, 3.05) is 7.05 Å². The van der Waals surface area contributed by atoms with Crippen molar-refractivity contribution in [2.45, 2.75) is 26.3 Å². The van der Waals surface area contributed by atoms with Crippen LogP contribution in [0.3, 0.4) is 0 Å². The number of rotatable bonds is 4. The number of H-pyrrole nitrogens is 1. The Labute approximate surface area is 150 Å². The predicted molar refractivity (Wildman–Crippen MR) is 100 cm³/mol. The summed E-state index contributed by atoms with van der Waals surface area (Å²) in [5, 5.41) is 9.51. The van der Waals surface area contributed by atoms with E-state index in [1.165, 1.54) is 10.8 Å². The third-order valence-corrected chi connectivity index (χ3v) is 4.95. The lowest BCUT2D eigenvalue weighted by Gasteiger charge is -2.17. The topological polar surface area (TPSA) is 49.0 Å². The maximum Gasteiger partial charge on any atom is 0.275 e. The van der Waals surface area contributed by atoms with Gasteiger partial charge in [-0.3, -0.25) is 9.89 Å². The minimum Gasteiger partial charge on any atom is -0.336 e. The number of aromatic nitrogens is 2. The van der Waals surface area contributed by atoms with Crippen molar-refractivity contribution < 1.29 is 4.79 Å². The van der Waals surface area contributed by atoms with E-state index in [2.05, 4.69) is 64.2 Å². The molecular formula is C19H20BrN3O. The first-order valence-electron chi connectivity index (χ1n) is 7.95. The number of hydrogen-bond donors (Lipinski definition) is 1. The molecule has 0 aliphatic carbocycles. The van der Waals surface area contributed by atoms with Crippen molar-refractivity contribution in [3.63, 3.8) is 0 Å². The van der Waals surface area contributed by atoms with Gasteiger partial charge in [-0.2, -0.15) is 5.10 Å². The van der Waals surface area contributed by atoms with Crippen LogP contribution in [0.5, 0.6) is 0 Å².